The first-order valence-electron chi connectivity index (χ1n) is 11.5. The average molecular weight is 514 g/mol. The van der Waals surface area contributed by atoms with Crippen LogP contribution in [0.15, 0.2) is 59.6 Å². The molecule has 0 saturated carbocycles. The molecule has 0 unspecified atom stereocenters. The zero-order valence-electron chi connectivity index (χ0n) is 19.7. The van der Waals surface area contributed by atoms with Gasteiger partial charge in [-0.2, -0.15) is 4.98 Å². The predicted molar refractivity (Wildman–Crippen MR) is 139 cm³/mol. The second-order valence-electron chi connectivity index (χ2n) is 8.66. The summed E-state index contributed by atoms with van der Waals surface area (Å²) in [7, 11) is -3.52. The summed E-state index contributed by atoms with van der Waals surface area (Å²) >= 11 is 6.32. The lowest BCUT2D eigenvalue weighted by molar-refractivity contribution is 0.0724. The van der Waals surface area contributed by atoms with Crippen molar-refractivity contribution in [1.29, 1.82) is 0 Å². The van der Waals surface area contributed by atoms with Crippen LogP contribution in [-0.2, 0) is 9.84 Å². The van der Waals surface area contributed by atoms with Crippen LogP contribution in [0, 0.1) is 0 Å². The van der Waals surface area contributed by atoms with Gasteiger partial charge in [-0.25, -0.2) is 13.4 Å². The Bertz CT molecular complexity index is 1320. The van der Waals surface area contributed by atoms with Gasteiger partial charge >= 0.3 is 0 Å². The maximum Gasteiger partial charge on any atom is 0.253 e. The number of aromatic nitrogens is 2. The number of amides is 1. The molecule has 2 aromatic carbocycles. The van der Waals surface area contributed by atoms with Crippen LogP contribution in [0.3, 0.4) is 0 Å². The van der Waals surface area contributed by atoms with Crippen molar-refractivity contribution in [3.8, 4) is 0 Å². The molecule has 184 valence electrons. The fourth-order valence-corrected chi connectivity index (χ4v) is 5.19. The van der Waals surface area contributed by atoms with Crippen LogP contribution in [0.5, 0.6) is 0 Å². The maximum atomic E-state index is 12.9. The number of hydrogen-bond donors (Lipinski definition) is 2. The molecule has 1 aromatic heterocycles. The highest BCUT2D eigenvalue weighted by molar-refractivity contribution is 7.92. The molecule has 3 aromatic rings. The number of carbonyl (C=O) groups is 1. The third-order valence-electron chi connectivity index (χ3n) is 5.82. The third-order valence-corrected chi connectivity index (χ3v) is 8.31. The van der Waals surface area contributed by atoms with E-state index in [1.165, 1.54) is 6.20 Å². The molecular formula is C25H28ClN5O3S. The smallest absolute Gasteiger partial charge is 0.253 e. The number of benzene rings is 2. The Morgan fingerprint density at radius 3 is 2.51 bits per heavy atom. The zero-order chi connectivity index (χ0) is 25.0. The zero-order valence-corrected chi connectivity index (χ0v) is 21.2. The number of anilines is 4. The number of hydrogen-bond acceptors (Lipinski definition) is 7. The van der Waals surface area contributed by atoms with Gasteiger partial charge < -0.3 is 15.5 Å². The van der Waals surface area contributed by atoms with Crippen molar-refractivity contribution in [2.24, 2.45) is 0 Å². The van der Waals surface area contributed by atoms with E-state index in [0.717, 1.165) is 32.4 Å². The monoisotopic (exact) mass is 513 g/mol. The lowest BCUT2D eigenvalue weighted by Crippen LogP contribution is -2.35. The van der Waals surface area contributed by atoms with Crippen molar-refractivity contribution in [2.75, 3.05) is 23.7 Å². The lowest BCUT2D eigenvalue weighted by Gasteiger charge is -2.26. The van der Waals surface area contributed by atoms with E-state index in [4.69, 9.17) is 11.6 Å². The molecule has 1 fully saturated rings. The Morgan fingerprint density at radius 1 is 1.03 bits per heavy atom. The average Bonchev–Trinajstić information content (AvgIpc) is 2.86. The van der Waals surface area contributed by atoms with Crippen molar-refractivity contribution in [3.63, 3.8) is 0 Å². The number of halogens is 1. The molecule has 0 spiro atoms. The molecule has 2 heterocycles. The molecule has 4 rings (SSSR count). The van der Waals surface area contributed by atoms with E-state index in [-0.39, 0.29) is 27.6 Å². The van der Waals surface area contributed by atoms with Gasteiger partial charge in [-0.1, -0.05) is 29.8 Å². The van der Waals surface area contributed by atoms with Gasteiger partial charge in [0.25, 0.3) is 5.91 Å². The van der Waals surface area contributed by atoms with Crippen LogP contribution >= 0.6 is 11.6 Å². The largest absolute Gasteiger partial charge is 0.339 e. The number of nitrogens with zero attached hydrogens (tertiary/aromatic N) is 3. The molecule has 8 nitrogen and oxygen atoms in total. The molecular weight excluding hydrogens is 486 g/mol. The Labute approximate surface area is 210 Å². The number of para-hydroxylation sites is 1. The second-order valence-corrected chi connectivity index (χ2v) is 11.5. The first-order valence-corrected chi connectivity index (χ1v) is 13.5. The van der Waals surface area contributed by atoms with Crippen LogP contribution in [0.2, 0.25) is 5.02 Å². The summed E-state index contributed by atoms with van der Waals surface area (Å²) in [4.78, 5) is 23.6. The molecule has 1 aliphatic heterocycles. The maximum absolute atomic E-state index is 12.9. The predicted octanol–water partition coefficient (Wildman–Crippen LogP) is 5.43. The van der Waals surface area contributed by atoms with Crippen molar-refractivity contribution >= 4 is 50.5 Å². The fraction of sp³-hybridized carbons (Fsp3) is 0.320. The first kappa shape index (κ1) is 24.9. The molecule has 35 heavy (non-hydrogen) atoms. The van der Waals surface area contributed by atoms with Gasteiger partial charge in [-0.05, 0) is 63.4 Å². The lowest BCUT2D eigenvalue weighted by atomic mass is 10.1. The normalized spacial score (nSPS) is 14.1. The number of nitrogens with one attached hydrogen (secondary N) is 2. The molecule has 1 aliphatic rings. The van der Waals surface area contributed by atoms with Gasteiger partial charge in [-0.15, -0.1) is 0 Å². The molecule has 0 bridgehead atoms. The summed E-state index contributed by atoms with van der Waals surface area (Å²) in [5.74, 6) is 0.524. The van der Waals surface area contributed by atoms with Crippen molar-refractivity contribution in [3.05, 3.63) is 65.3 Å². The Morgan fingerprint density at radius 2 is 1.77 bits per heavy atom. The Kier molecular flexibility index (Phi) is 7.57. The van der Waals surface area contributed by atoms with Gasteiger partial charge in [0.05, 0.1) is 22.0 Å². The standard InChI is InChI=1S/C25H28ClN5O3S/c1-17(2)35(33,34)22-12-5-4-11-21(22)29-23-20(26)16-27-25(30-23)28-19-10-8-9-18(15-19)24(32)31-13-6-3-7-14-31/h4-5,8-12,15-17H,3,6-7,13-14H2,1-2H3,(H2,27,28,29,30). The number of rotatable bonds is 7. The van der Waals surface area contributed by atoms with Gasteiger partial charge in [-0.3, -0.25) is 4.79 Å². The molecule has 1 saturated heterocycles. The van der Waals surface area contributed by atoms with Gasteiger partial charge in [0.2, 0.25) is 5.95 Å². The third kappa shape index (κ3) is 5.74. The molecule has 0 radical (unpaired) electrons. The summed E-state index contributed by atoms with van der Waals surface area (Å²) in [6.07, 6.45) is 4.64. The Balaban J connectivity index is 1.56. The minimum absolute atomic E-state index is 0.00991. The molecule has 0 atom stereocenters. The van der Waals surface area contributed by atoms with E-state index < -0.39 is 15.1 Å². The van der Waals surface area contributed by atoms with Crippen LogP contribution in [0.25, 0.3) is 0 Å². The Hall–Kier alpha value is -3.17. The number of carbonyl (C=O) groups excluding carboxylic acids is 1. The van der Waals surface area contributed by atoms with E-state index in [9.17, 15) is 13.2 Å². The highest BCUT2D eigenvalue weighted by Crippen LogP contribution is 2.30. The summed E-state index contributed by atoms with van der Waals surface area (Å²) in [6.45, 7) is 4.82. The molecule has 10 heteroatoms. The van der Waals surface area contributed by atoms with Crippen molar-refractivity contribution in [1.82, 2.24) is 14.9 Å². The minimum Gasteiger partial charge on any atom is -0.339 e. The van der Waals surface area contributed by atoms with Gasteiger partial charge in [0.1, 0.15) is 5.02 Å². The molecule has 0 aliphatic carbocycles. The van der Waals surface area contributed by atoms with Crippen LogP contribution in [0.4, 0.5) is 23.1 Å². The highest BCUT2D eigenvalue weighted by atomic mass is 35.5. The molecule has 2 N–H and O–H groups in total. The van der Waals surface area contributed by atoms with Crippen LogP contribution < -0.4 is 10.6 Å². The first-order chi connectivity index (χ1) is 16.8. The van der Waals surface area contributed by atoms with Gasteiger partial charge in [0.15, 0.2) is 15.7 Å². The number of likely N-dealkylation sites (tertiary alicyclic amines) is 1. The second kappa shape index (κ2) is 10.6. The van der Waals surface area contributed by atoms with Crippen molar-refractivity contribution in [2.45, 2.75) is 43.3 Å². The summed E-state index contributed by atoms with van der Waals surface area (Å²) in [6, 6.07) is 13.8. The number of sulfone groups is 1. The van der Waals surface area contributed by atoms with Crippen LogP contribution in [-0.4, -0.2) is 47.5 Å². The summed E-state index contributed by atoms with van der Waals surface area (Å²) < 4.78 is 25.6. The SMILES string of the molecule is CC(C)S(=O)(=O)c1ccccc1Nc1nc(Nc2cccc(C(=O)N3CCCCC3)c2)ncc1Cl. The summed E-state index contributed by atoms with van der Waals surface area (Å²) in [5.41, 5.74) is 1.63. The topological polar surface area (TPSA) is 104 Å². The van der Waals surface area contributed by atoms with E-state index in [2.05, 4.69) is 20.6 Å². The highest BCUT2D eigenvalue weighted by Gasteiger charge is 2.23. The van der Waals surface area contributed by atoms with E-state index in [1.807, 2.05) is 17.0 Å². The van der Waals surface area contributed by atoms with Crippen molar-refractivity contribution < 1.29 is 13.2 Å². The summed E-state index contributed by atoms with van der Waals surface area (Å²) in [5, 5.41) is 5.80. The van der Waals surface area contributed by atoms with E-state index >= 15 is 0 Å². The van der Waals surface area contributed by atoms with E-state index in [0.29, 0.717) is 16.9 Å². The number of piperidine rings is 1. The fourth-order valence-electron chi connectivity index (χ4n) is 3.85. The van der Waals surface area contributed by atoms with Gasteiger partial charge in [0, 0.05) is 24.3 Å². The minimum atomic E-state index is -3.52. The molecule has 1 amide bonds. The quantitative estimate of drug-likeness (QED) is 0.434. The van der Waals surface area contributed by atoms with Crippen LogP contribution in [0.1, 0.15) is 43.5 Å². The van der Waals surface area contributed by atoms with E-state index in [1.54, 1.807) is 50.2 Å².